The zero-order valence-electron chi connectivity index (χ0n) is 18.2. The van der Waals surface area contributed by atoms with Gasteiger partial charge in [0.1, 0.15) is 11.5 Å². The number of nitrogens with one attached hydrogen (secondary N) is 2. The lowest BCUT2D eigenvalue weighted by Gasteiger charge is -2.21. The van der Waals surface area contributed by atoms with Crippen molar-refractivity contribution in [2.75, 3.05) is 44.5 Å². The molecule has 7 nitrogen and oxygen atoms in total. The third-order valence-electron chi connectivity index (χ3n) is 4.52. The van der Waals surface area contributed by atoms with Crippen LogP contribution < -0.4 is 20.1 Å². The molecule has 0 aliphatic carbocycles. The maximum absolute atomic E-state index is 12.8. The molecule has 162 valence electrons. The van der Waals surface area contributed by atoms with E-state index in [4.69, 9.17) is 9.47 Å². The van der Waals surface area contributed by atoms with Gasteiger partial charge >= 0.3 is 0 Å². The van der Waals surface area contributed by atoms with Gasteiger partial charge in [-0.25, -0.2) is 0 Å². The lowest BCUT2D eigenvalue weighted by Crippen LogP contribution is -2.32. The van der Waals surface area contributed by atoms with Crippen molar-refractivity contribution < 1.29 is 19.1 Å². The molecule has 0 spiro atoms. The molecule has 0 unspecified atom stereocenters. The summed E-state index contributed by atoms with van der Waals surface area (Å²) in [6.45, 7) is 5.63. The molecule has 0 fully saturated rings. The van der Waals surface area contributed by atoms with E-state index in [1.165, 1.54) is 0 Å². The van der Waals surface area contributed by atoms with Crippen molar-refractivity contribution >= 4 is 23.2 Å². The average molecular weight is 414 g/mol. The first-order valence-electron chi connectivity index (χ1n) is 10.2. The Morgan fingerprint density at radius 1 is 0.967 bits per heavy atom. The van der Waals surface area contributed by atoms with Crippen LogP contribution in [0.2, 0.25) is 0 Å². The van der Waals surface area contributed by atoms with E-state index < -0.39 is 0 Å². The van der Waals surface area contributed by atoms with Gasteiger partial charge in [0, 0.05) is 30.4 Å². The van der Waals surface area contributed by atoms with Gasteiger partial charge in [-0.3, -0.25) is 9.59 Å². The molecule has 7 heteroatoms. The third-order valence-corrected chi connectivity index (χ3v) is 4.52. The molecule has 0 saturated heterocycles. The quantitative estimate of drug-likeness (QED) is 0.582. The Morgan fingerprint density at radius 2 is 1.70 bits per heavy atom. The van der Waals surface area contributed by atoms with E-state index in [2.05, 4.69) is 24.5 Å². The summed E-state index contributed by atoms with van der Waals surface area (Å²) in [7, 11) is 3.10. The number of nitrogens with zero attached hydrogens (tertiary/aromatic N) is 1. The van der Waals surface area contributed by atoms with Crippen molar-refractivity contribution in [2.45, 2.75) is 26.7 Å². The van der Waals surface area contributed by atoms with Crippen LogP contribution in [0.4, 0.5) is 11.4 Å². The van der Waals surface area contributed by atoms with E-state index in [-0.39, 0.29) is 18.4 Å². The Bertz CT molecular complexity index is 848. The number of carbonyl (C=O) groups excluding carboxylic acids is 2. The SMILES string of the molecule is CCCN(CCC)C(=O)c1cccc(NCC(=O)Nc2cc(OC)ccc2OC)c1. The molecular weight excluding hydrogens is 382 g/mol. The van der Waals surface area contributed by atoms with E-state index in [0.29, 0.717) is 28.4 Å². The number of hydrogen-bond donors (Lipinski definition) is 2. The van der Waals surface area contributed by atoms with Crippen LogP contribution >= 0.6 is 0 Å². The number of carbonyl (C=O) groups is 2. The van der Waals surface area contributed by atoms with Crippen LogP contribution in [-0.4, -0.2) is 50.6 Å². The van der Waals surface area contributed by atoms with Gasteiger partial charge in [-0.05, 0) is 43.2 Å². The fourth-order valence-electron chi connectivity index (χ4n) is 3.09. The van der Waals surface area contributed by atoms with Crippen molar-refractivity contribution in [3.05, 3.63) is 48.0 Å². The Balaban J connectivity index is 2.02. The van der Waals surface area contributed by atoms with Gasteiger partial charge in [0.05, 0.1) is 26.5 Å². The van der Waals surface area contributed by atoms with E-state index in [1.54, 1.807) is 44.6 Å². The first kappa shape index (κ1) is 23.1. The largest absolute Gasteiger partial charge is 0.497 e. The molecule has 0 bridgehead atoms. The summed E-state index contributed by atoms with van der Waals surface area (Å²) >= 11 is 0. The van der Waals surface area contributed by atoms with Crippen LogP contribution in [0.15, 0.2) is 42.5 Å². The molecule has 2 aromatic rings. The molecule has 2 N–H and O–H groups in total. The molecule has 2 aromatic carbocycles. The van der Waals surface area contributed by atoms with Crippen LogP contribution in [0.5, 0.6) is 11.5 Å². The molecule has 0 radical (unpaired) electrons. The highest BCUT2D eigenvalue weighted by Gasteiger charge is 2.15. The zero-order chi connectivity index (χ0) is 21.9. The Kier molecular flexibility index (Phi) is 9.00. The summed E-state index contributed by atoms with van der Waals surface area (Å²) in [5.74, 6) is 0.933. The summed E-state index contributed by atoms with van der Waals surface area (Å²) in [6, 6.07) is 12.4. The van der Waals surface area contributed by atoms with Crippen LogP contribution in [0.1, 0.15) is 37.0 Å². The molecule has 2 amide bonds. The molecule has 0 aliphatic heterocycles. The average Bonchev–Trinajstić information content (AvgIpc) is 2.77. The number of amides is 2. The maximum atomic E-state index is 12.8. The van der Waals surface area contributed by atoms with Gasteiger partial charge < -0.3 is 25.0 Å². The lowest BCUT2D eigenvalue weighted by atomic mass is 10.1. The molecular formula is C23H31N3O4. The van der Waals surface area contributed by atoms with E-state index >= 15 is 0 Å². The first-order chi connectivity index (χ1) is 14.5. The second kappa shape index (κ2) is 11.7. The van der Waals surface area contributed by atoms with Crippen LogP contribution in [-0.2, 0) is 4.79 Å². The van der Waals surface area contributed by atoms with Gasteiger partial charge in [-0.15, -0.1) is 0 Å². The minimum absolute atomic E-state index is 0.00733. The van der Waals surface area contributed by atoms with Gasteiger partial charge in [-0.2, -0.15) is 0 Å². The molecule has 2 rings (SSSR count). The lowest BCUT2D eigenvalue weighted by molar-refractivity contribution is -0.114. The highest BCUT2D eigenvalue weighted by atomic mass is 16.5. The number of benzene rings is 2. The smallest absolute Gasteiger partial charge is 0.253 e. The predicted octanol–water partition coefficient (Wildman–Crippen LogP) is 4.02. The fraction of sp³-hybridized carbons (Fsp3) is 0.391. The highest BCUT2D eigenvalue weighted by Crippen LogP contribution is 2.28. The summed E-state index contributed by atoms with van der Waals surface area (Å²) in [5.41, 5.74) is 1.85. The number of anilines is 2. The molecule has 30 heavy (non-hydrogen) atoms. The van der Waals surface area contributed by atoms with Crippen molar-refractivity contribution in [3.63, 3.8) is 0 Å². The standard InChI is InChI=1S/C23H31N3O4/c1-5-12-26(13-6-2)23(28)17-8-7-9-18(14-17)24-16-22(27)25-20-15-19(29-3)10-11-21(20)30-4/h7-11,14-15,24H,5-6,12-13,16H2,1-4H3,(H,25,27). The highest BCUT2D eigenvalue weighted by molar-refractivity contribution is 5.97. The van der Waals surface area contributed by atoms with Crippen molar-refractivity contribution in [3.8, 4) is 11.5 Å². The second-order valence-corrected chi connectivity index (χ2v) is 6.84. The van der Waals surface area contributed by atoms with E-state index in [0.717, 1.165) is 25.9 Å². The Hall–Kier alpha value is -3.22. The number of hydrogen-bond acceptors (Lipinski definition) is 5. The molecule has 0 atom stereocenters. The molecule has 0 saturated carbocycles. The predicted molar refractivity (Wildman–Crippen MR) is 120 cm³/mol. The van der Waals surface area contributed by atoms with Crippen LogP contribution in [0.25, 0.3) is 0 Å². The zero-order valence-corrected chi connectivity index (χ0v) is 18.2. The summed E-state index contributed by atoms with van der Waals surface area (Å²) in [5, 5.41) is 5.89. The van der Waals surface area contributed by atoms with Gasteiger partial charge in [-0.1, -0.05) is 19.9 Å². The number of ether oxygens (including phenoxy) is 2. The summed E-state index contributed by atoms with van der Waals surface area (Å²) < 4.78 is 10.5. The monoisotopic (exact) mass is 413 g/mol. The van der Waals surface area contributed by atoms with Crippen molar-refractivity contribution in [1.29, 1.82) is 0 Å². The normalized spacial score (nSPS) is 10.3. The van der Waals surface area contributed by atoms with Crippen molar-refractivity contribution in [1.82, 2.24) is 4.90 Å². The molecule has 0 heterocycles. The van der Waals surface area contributed by atoms with Crippen molar-refractivity contribution in [2.24, 2.45) is 0 Å². The number of rotatable bonds is 11. The number of methoxy groups -OCH3 is 2. The fourth-order valence-corrected chi connectivity index (χ4v) is 3.09. The minimum atomic E-state index is -0.239. The van der Waals surface area contributed by atoms with Crippen LogP contribution in [0.3, 0.4) is 0 Å². The topological polar surface area (TPSA) is 79.9 Å². The van der Waals surface area contributed by atoms with Gasteiger partial charge in [0.25, 0.3) is 5.91 Å². The second-order valence-electron chi connectivity index (χ2n) is 6.84. The first-order valence-corrected chi connectivity index (χ1v) is 10.2. The van der Waals surface area contributed by atoms with E-state index in [9.17, 15) is 9.59 Å². The van der Waals surface area contributed by atoms with E-state index in [1.807, 2.05) is 17.0 Å². The minimum Gasteiger partial charge on any atom is -0.497 e. The molecule has 0 aromatic heterocycles. The Morgan fingerprint density at radius 3 is 2.33 bits per heavy atom. The van der Waals surface area contributed by atoms with Gasteiger partial charge in [0.2, 0.25) is 5.91 Å². The maximum Gasteiger partial charge on any atom is 0.253 e. The van der Waals surface area contributed by atoms with Gasteiger partial charge in [0.15, 0.2) is 0 Å². The third kappa shape index (κ3) is 6.40. The Labute approximate surface area is 178 Å². The summed E-state index contributed by atoms with van der Waals surface area (Å²) in [6.07, 6.45) is 1.83. The van der Waals surface area contributed by atoms with Crippen LogP contribution in [0, 0.1) is 0 Å². The molecule has 0 aliphatic rings. The summed E-state index contributed by atoms with van der Waals surface area (Å²) in [4.78, 5) is 27.0.